The molecular weight excluding hydrogens is 272 g/mol. The fourth-order valence-corrected chi connectivity index (χ4v) is 1.64. The van der Waals surface area contributed by atoms with Gasteiger partial charge in [-0.1, -0.05) is 12.1 Å². The first kappa shape index (κ1) is 16.8. The zero-order valence-corrected chi connectivity index (χ0v) is 12.6. The van der Waals surface area contributed by atoms with E-state index in [2.05, 4.69) is 10.6 Å². The van der Waals surface area contributed by atoms with Crippen LogP contribution in [0.1, 0.15) is 37.6 Å². The Morgan fingerprint density at radius 3 is 2.48 bits per heavy atom. The highest BCUT2D eigenvalue weighted by Crippen LogP contribution is 2.14. The zero-order chi connectivity index (χ0) is 15.9. The molecule has 0 aliphatic rings. The van der Waals surface area contributed by atoms with E-state index in [9.17, 15) is 9.59 Å². The summed E-state index contributed by atoms with van der Waals surface area (Å²) in [7, 11) is 0. The molecule has 1 rings (SSSR count). The molecule has 1 aromatic rings. The Balaban J connectivity index is 2.29. The second-order valence-corrected chi connectivity index (χ2v) is 5.56. The molecule has 0 saturated carbocycles. The van der Waals surface area contributed by atoms with E-state index in [1.165, 1.54) is 0 Å². The van der Waals surface area contributed by atoms with Crippen LogP contribution in [-0.4, -0.2) is 35.9 Å². The minimum absolute atomic E-state index is 0.234. The van der Waals surface area contributed by atoms with E-state index in [0.717, 1.165) is 0 Å². The molecular formula is C15H22N2O4. The molecule has 0 heterocycles. The molecule has 0 aliphatic heterocycles. The van der Waals surface area contributed by atoms with Gasteiger partial charge in [-0.15, -0.1) is 0 Å². The maximum absolute atomic E-state index is 11.4. The molecule has 6 nitrogen and oxygen atoms in total. The van der Waals surface area contributed by atoms with Gasteiger partial charge in [-0.3, -0.25) is 0 Å². The van der Waals surface area contributed by atoms with E-state index < -0.39 is 17.7 Å². The highest BCUT2D eigenvalue weighted by Gasteiger charge is 2.15. The second-order valence-electron chi connectivity index (χ2n) is 5.56. The van der Waals surface area contributed by atoms with E-state index >= 15 is 0 Å². The van der Waals surface area contributed by atoms with E-state index in [1.807, 2.05) is 0 Å². The monoisotopic (exact) mass is 294 g/mol. The third kappa shape index (κ3) is 6.65. The lowest BCUT2D eigenvalue weighted by Gasteiger charge is -2.19. The molecule has 0 saturated heterocycles. The molecule has 0 aliphatic carbocycles. The number of carbonyl (C=O) groups excluding carboxylic acids is 1. The van der Waals surface area contributed by atoms with Gasteiger partial charge in [-0.2, -0.15) is 0 Å². The van der Waals surface area contributed by atoms with Gasteiger partial charge in [0.25, 0.3) is 0 Å². The highest BCUT2D eigenvalue weighted by atomic mass is 16.6. The summed E-state index contributed by atoms with van der Waals surface area (Å²) < 4.78 is 5.10. The maximum atomic E-state index is 11.4. The molecule has 1 aromatic carbocycles. The van der Waals surface area contributed by atoms with E-state index in [1.54, 1.807) is 45.0 Å². The Kier molecular flexibility index (Phi) is 6.02. The van der Waals surface area contributed by atoms with Crippen molar-refractivity contribution in [2.45, 2.75) is 32.8 Å². The van der Waals surface area contributed by atoms with E-state index in [4.69, 9.17) is 9.84 Å². The summed E-state index contributed by atoms with van der Waals surface area (Å²) in [5.74, 6) is -0.968. The van der Waals surface area contributed by atoms with Crippen LogP contribution in [0.25, 0.3) is 0 Å². The van der Waals surface area contributed by atoms with Crippen LogP contribution in [0, 0.1) is 0 Å². The van der Waals surface area contributed by atoms with Crippen molar-refractivity contribution in [3.63, 3.8) is 0 Å². The molecule has 1 amide bonds. The first-order valence-corrected chi connectivity index (χ1v) is 6.82. The van der Waals surface area contributed by atoms with Crippen molar-refractivity contribution in [1.29, 1.82) is 0 Å². The van der Waals surface area contributed by atoms with E-state index in [-0.39, 0.29) is 5.56 Å². The van der Waals surface area contributed by atoms with Crippen molar-refractivity contribution in [3.8, 4) is 0 Å². The molecule has 0 bridgehead atoms. The number of amides is 1. The Morgan fingerprint density at radius 2 is 1.86 bits per heavy atom. The van der Waals surface area contributed by atoms with Crippen molar-refractivity contribution in [3.05, 3.63) is 29.8 Å². The average molecular weight is 294 g/mol. The maximum Gasteiger partial charge on any atom is 0.407 e. The number of aromatic carboxylic acids is 1. The third-order valence-electron chi connectivity index (χ3n) is 2.49. The number of anilines is 1. The van der Waals surface area contributed by atoms with Crippen molar-refractivity contribution in [1.82, 2.24) is 5.32 Å². The van der Waals surface area contributed by atoms with Crippen LogP contribution in [0.2, 0.25) is 0 Å². The van der Waals surface area contributed by atoms with Crippen LogP contribution in [-0.2, 0) is 4.74 Å². The molecule has 0 fully saturated rings. The van der Waals surface area contributed by atoms with Crippen LogP contribution in [0.3, 0.4) is 0 Å². The van der Waals surface area contributed by atoms with Gasteiger partial charge in [-0.05, 0) is 39.3 Å². The number of carbonyl (C=O) groups is 2. The number of hydrogen-bond donors (Lipinski definition) is 3. The molecule has 0 atom stereocenters. The lowest BCUT2D eigenvalue weighted by atomic mass is 10.2. The van der Waals surface area contributed by atoms with Crippen LogP contribution < -0.4 is 10.6 Å². The van der Waals surface area contributed by atoms with Crippen LogP contribution in [0.15, 0.2) is 24.3 Å². The number of para-hydroxylation sites is 1. The highest BCUT2D eigenvalue weighted by molar-refractivity contribution is 5.94. The number of ether oxygens (including phenoxy) is 1. The van der Waals surface area contributed by atoms with Gasteiger partial charge in [0.1, 0.15) is 5.60 Å². The second kappa shape index (κ2) is 7.52. The van der Waals surface area contributed by atoms with Crippen LogP contribution in [0.4, 0.5) is 10.5 Å². The van der Waals surface area contributed by atoms with Crippen LogP contribution in [0.5, 0.6) is 0 Å². The largest absolute Gasteiger partial charge is 0.478 e. The fraction of sp³-hybridized carbons (Fsp3) is 0.467. The summed E-state index contributed by atoms with van der Waals surface area (Å²) in [5.41, 5.74) is 0.294. The lowest BCUT2D eigenvalue weighted by molar-refractivity contribution is 0.0527. The van der Waals surface area contributed by atoms with Gasteiger partial charge >= 0.3 is 12.1 Å². The molecule has 116 valence electrons. The standard InChI is InChI=1S/C15H22N2O4/c1-15(2,3)21-14(20)17-10-6-9-16-12-8-5-4-7-11(12)13(18)19/h4-5,7-8,16H,6,9-10H2,1-3H3,(H,17,20)(H,18,19). The number of alkyl carbamates (subject to hydrolysis) is 1. The quantitative estimate of drug-likeness (QED) is 0.702. The predicted octanol–water partition coefficient (Wildman–Crippen LogP) is 2.71. The lowest BCUT2D eigenvalue weighted by Crippen LogP contribution is -2.33. The Labute approximate surface area is 124 Å². The van der Waals surface area contributed by atoms with Crippen molar-refractivity contribution in [2.24, 2.45) is 0 Å². The zero-order valence-electron chi connectivity index (χ0n) is 12.6. The summed E-state index contributed by atoms with van der Waals surface area (Å²) >= 11 is 0. The van der Waals surface area contributed by atoms with Gasteiger partial charge < -0.3 is 20.5 Å². The number of rotatable bonds is 6. The van der Waals surface area contributed by atoms with Gasteiger partial charge in [0, 0.05) is 18.8 Å². The van der Waals surface area contributed by atoms with Gasteiger partial charge in [0.05, 0.1) is 5.56 Å². The third-order valence-corrected chi connectivity index (χ3v) is 2.49. The SMILES string of the molecule is CC(C)(C)OC(=O)NCCCNc1ccccc1C(=O)O. The summed E-state index contributed by atoms with van der Waals surface area (Å²) in [5, 5.41) is 14.7. The number of carboxylic acids is 1. The normalized spacial score (nSPS) is 10.8. The first-order valence-electron chi connectivity index (χ1n) is 6.82. The van der Waals surface area contributed by atoms with Gasteiger partial charge in [0.15, 0.2) is 0 Å². The van der Waals surface area contributed by atoms with Crippen LogP contribution >= 0.6 is 0 Å². The molecule has 21 heavy (non-hydrogen) atoms. The van der Waals surface area contributed by atoms with Gasteiger partial charge in [-0.25, -0.2) is 9.59 Å². The smallest absolute Gasteiger partial charge is 0.407 e. The molecule has 0 aromatic heterocycles. The Hall–Kier alpha value is -2.24. The summed E-state index contributed by atoms with van der Waals surface area (Å²) in [6, 6.07) is 6.71. The number of carboxylic acid groups (broad SMARTS) is 1. The average Bonchev–Trinajstić information content (AvgIpc) is 2.36. The first-order chi connectivity index (χ1) is 9.79. The summed E-state index contributed by atoms with van der Waals surface area (Å²) in [4.78, 5) is 22.4. The fourth-order valence-electron chi connectivity index (χ4n) is 1.64. The summed E-state index contributed by atoms with van der Waals surface area (Å²) in [6.45, 7) is 6.42. The molecule has 0 unspecified atom stereocenters. The minimum Gasteiger partial charge on any atom is -0.478 e. The van der Waals surface area contributed by atoms with Crippen molar-refractivity contribution in [2.75, 3.05) is 18.4 Å². The summed E-state index contributed by atoms with van der Waals surface area (Å²) in [6.07, 6.45) is 0.209. The molecule has 0 spiro atoms. The molecule has 6 heteroatoms. The number of nitrogens with one attached hydrogen (secondary N) is 2. The van der Waals surface area contributed by atoms with Crippen molar-refractivity contribution >= 4 is 17.7 Å². The Morgan fingerprint density at radius 1 is 1.19 bits per heavy atom. The molecule has 3 N–H and O–H groups in total. The van der Waals surface area contributed by atoms with E-state index in [0.29, 0.717) is 25.2 Å². The topological polar surface area (TPSA) is 87.7 Å². The van der Waals surface area contributed by atoms with Gasteiger partial charge in [0.2, 0.25) is 0 Å². The number of hydrogen-bond acceptors (Lipinski definition) is 4. The minimum atomic E-state index is -0.968. The van der Waals surface area contributed by atoms with Crippen molar-refractivity contribution < 1.29 is 19.4 Å². The number of benzene rings is 1. The predicted molar refractivity (Wildman–Crippen MR) is 80.7 cm³/mol. The molecule has 0 radical (unpaired) electrons. The Bertz CT molecular complexity index is 495.